The molecule has 1 unspecified atom stereocenters. The molecule has 2 aromatic rings. The summed E-state index contributed by atoms with van der Waals surface area (Å²) < 4.78 is 0.972. The van der Waals surface area contributed by atoms with Gasteiger partial charge in [0.05, 0.1) is 5.69 Å². The van der Waals surface area contributed by atoms with Gasteiger partial charge in [-0.1, -0.05) is 46.3 Å². The average molecular weight is 307 g/mol. The molecule has 18 heavy (non-hydrogen) atoms. The summed E-state index contributed by atoms with van der Waals surface area (Å²) in [5.74, 6) is 0. The van der Waals surface area contributed by atoms with Crippen LogP contribution in [0.25, 0.3) is 0 Å². The van der Waals surface area contributed by atoms with Crippen LogP contribution in [0.2, 0.25) is 0 Å². The quantitative estimate of drug-likeness (QED) is 0.505. The van der Waals surface area contributed by atoms with Gasteiger partial charge in [0.2, 0.25) is 6.23 Å². The van der Waals surface area contributed by atoms with E-state index in [1.54, 1.807) is 0 Å². The maximum absolute atomic E-state index is 8.84. The fraction of sp³-hybridized carbons (Fsp3) is 0.0769. The van der Waals surface area contributed by atoms with Crippen LogP contribution in [-0.4, -0.2) is 5.26 Å². The molecule has 0 amide bonds. The third kappa shape index (κ3) is 3.46. The Hall–Kier alpha value is -1.56. The van der Waals surface area contributed by atoms with Crippen LogP contribution in [0.1, 0.15) is 11.8 Å². The molecule has 0 radical (unpaired) electrons. The molecule has 92 valence electrons. The number of hydrogen-bond acceptors (Lipinski definition) is 4. The Kier molecular flexibility index (Phi) is 4.58. The first-order valence-electron chi connectivity index (χ1n) is 5.31. The Labute approximate surface area is 113 Å². The number of nitrogens with zero attached hydrogens (tertiary/aromatic N) is 2. The highest BCUT2D eigenvalue weighted by Gasteiger charge is 2.09. The molecule has 0 fully saturated rings. The van der Waals surface area contributed by atoms with Crippen molar-refractivity contribution < 1.29 is 10.1 Å². The zero-order valence-electron chi connectivity index (χ0n) is 9.40. The third-order valence-corrected chi connectivity index (χ3v) is 2.82. The van der Waals surface area contributed by atoms with Crippen molar-refractivity contribution in [2.24, 2.45) is 10.2 Å². The van der Waals surface area contributed by atoms with Gasteiger partial charge in [-0.15, -0.1) is 5.11 Å². The standard InChI is InChI=1S/C13H11BrN2O2/c14-11-6-8-12(9-7-11)15-16-13(18-17)10-4-2-1-3-5-10/h1-9,13,17H. The maximum Gasteiger partial charge on any atom is 0.227 e. The lowest BCUT2D eigenvalue weighted by molar-refractivity contribution is -0.281. The normalized spacial score (nSPS) is 12.8. The summed E-state index contributed by atoms with van der Waals surface area (Å²) in [6.07, 6.45) is -0.810. The molecule has 1 atom stereocenters. The van der Waals surface area contributed by atoms with Crippen LogP contribution in [0.5, 0.6) is 0 Å². The Morgan fingerprint density at radius 2 is 1.67 bits per heavy atom. The molecule has 5 heteroatoms. The molecule has 1 N–H and O–H groups in total. The highest BCUT2D eigenvalue weighted by molar-refractivity contribution is 9.10. The van der Waals surface area contributed by atoms with Gasteiger partial charge in [-0.05, 0) is 24.3 Å². The number of rotatable bonds is 4. The molecule has 4 nitrogen and oxygen atoms in total. The van der Waals surface area contributed by atoms with Crippen molar-refractivity contribution in [3.63, 3.8) is 0 Å². The summed E-state index contributed by atoms with van der Waals surface area (Å²) in [5, 5.41) is 16.8. The van der Waals surface area contributed by atoms with E-state index in [1.807, 2.05) is 54.6 Å². The minimum atomic E-state index is -0.810. The molecule has 0 saturated heterocycles. The third-order valence-electron chi connectivity index (χ3n) is 2.29. The van der Waals surface area contributed by atoms with Crippen molar-refractivity contribution in [3.8, 4) is 0 Å². The first-order valence-corrected chi connectivity index (χ1v) is 6.10. The lowest BCUT2D eigenvalue weighted by Crippen LogP contribution is -1.96. The molecule has 0 aliphatic carbocycles. The Balaban J connectivity index is 2.13. The topological polar surface area (TPSA) is 54.2 Å². The predicted molar refractivity (Wildman–Crippen MR) is 71.6 cm³/mol. The second-order valence-electron chi connectivity index (χ2n) is 3.56. The molecule has 0 aromatic heterocycles. The van der Waals surface area contributed by atoms with Gasteiger partial charge in [0.25, 0.3) is 0 Å². The van der Waals surface area contributed by atoms with Gasteiger partial charge in [0.15, 0.2) is 0 Å². The molecule has 0 saturated carbocycles. The maximum atomic E-state index is 8.84. The molecular formula is C13H11BrN2O2. The molecule has 2 aromatic carbocycles. The summed E-state index contributed by atoms with van der Waals surface area (Å²) in [6.45, 7) is 0. The van der Waals surface area contributed by atoms with Crippen molar-refractivity contribution in [1.29, 1.82) is 0 Å². The second kappa shape index (κ2) is 6.39. The SMILES string of the molecule is OOC(N=Nc1ccc(Br)cc1)c1ccccc1. The first-order chi connectivity index (χ1) is 8.79. The molecular weight excluding hydrogens is 296 g/mol. The number of hydrogen-bond donors (Lipinski definition) is 1. The summed E-state index contributed by atoms with van der Waals surface area (Å²) in [5.41, 5.74) is 1.43. The van der Waals surface area contributed by atoms with Crippen LogP contribution in [0.4, 0.5) is 5.69 Å². The van der Waals surface area contributed by atoms with E-state index < -0.39 is 6.23 Å². The van der Waals surface area contributed by atoms with Crippen LogP contribution in [-0.2, 0) is 4.89 Å². The number of benzene rings is 2. The second-order valence-corrected chi connectivity index (χ2v) is 4.48. The monoisotopic (exact) mass is 306 g/mol. The Morgan fingerprint density at radius 1 is 1.00 bits per heavy atom. The fourth-order valence-corrected chi connectivity index (χ4v) is 1.66. The van der Waals surface area contributed by atoms with Gasteiger partial charge >= 0.3 is 0 Å². The van der Waals surface area contributed by atoms with Gasteiger partial charge in [-0.3, -0.25) is 0 Å². The highest BCUT2D eigenvalue weighted by Crippen LogP contribution is 2.22. The minimum Gasteiger partial charge on any atom is -0.249 e. The van der Waals surface area contributed by atoms with E-state index in [-0.39, 0.29) is 0 Å². The largest absolute Gasteiger partial charge is 0.249 e. The summed E-state index contributed by atoms with van der Waals surface area (Å²) >= 11 is 3.34. The van der Waals surface area contributed by atoms with Crippen molar-refractivity contribution in [2.75, 3.05) is 0 Å². The molecule has 0 spiro atoms. The molecule has 2 rings (SSSR count). The van der Waals surface area contributed by atoms with Crippen LogP contribution in [0, 0.1) is 0 Å². The van der Waals surface area contributed by atoms with E-state index in [4.69, 9.17) is 5.26 Å². The van der Waals surface area contributed by atoms with E-state index in [0.717, 1.165) is 10.0 Å². The smallest absolute Gasteiger partial charge is 0.227 e. The van der Waals surface area contributed by atoms with E-state index in [2.05, 4.69) is 31.0 Å². The number of halogens is 1. The van der Waals surface area contributed by atoms with E-state index in [0.29, 0.717) is 5.69 Å². The predicted octanol–water partition coefficient (Wildman–Crippen LogP) is 4.72. The van der Waals surface area contributed by atoms with Gasteiger partial charge in [0.1, 0.15) is 0 Å². The van der Waals surface area contributed by atoms with Crippen molar-refractivity contribution in [1.82, 2.24) is 0 Å². The van der Waals surface area contributed by atoms with Gasteiger partial charge in [-0.2, -0.15) is 5.11 Å². The molecule has 0 aliphatic heterocycles. The highest BCUT2D eigenvalue weighted by atomic mass is 79.9. The van der Waals surface area contributed by atoms with Crippen molar-refractivity contribution in [3.05, 3.63) is 64.6 Å². The summed E-state index contributed by atoms with van der Waals surface area (Å²) in [6, 6.07) is 16.5. The van der Waals surface area contributed by atoms with E-state index in [9.17, 15) is 0 Å². The first kappa shape index (κ1) is 12.9. The zero-order valence-corrected chi connectivity index (χ0v) is 11.0. The van der Waals surface area contributed by atoms with Crippen LogP contribution < -0.4 is 0 Å². The van der Waals surface area contributed by atoms with Crippen LogP contribution in [0.15, 0.2) is 69.3 Å². The lowest BCUT2D eigenvalue weighted by atomic mass is 10.2. The summed E-state index contributed by atoms with van der Waals surface area (Å²) in [4.78, 5) is 4.31. The molecule has 0 aliphatic rings. The fourth-order valence-electron chi connectivity index (χ4n) is 1.39. The van der Waals surface area contributed by atoms with E-state index in [1.165, 1.54) is 0 Å². The van der Waals surface area contributed by atoms with Gasteiger partial charge < -0.3 is 0 Å². The van der Waals surface area contributed by atoms with Crippen molar-refractivity contribution >= 4 is 21.6 Å². The zero-order chi connectivity index (χ0) is 12.8. The Bertz CT molecular complexity index is 514. The van der Waals surface area contributed by atoms with Crippen LogP contribution in [0.3, 0.4) is 0 Å². The summed E-state index contributed by atoms with van der Waals surface area (Å²) in [7, 11) is 0. The number of azo groups is 1. The average Bonchev–Trinajstić information content (AvgIpc) is 2.43. The van der Waals surface area contributed by atoms with Gasteiger partial charge in [-0.25, -0.2) is 10.1 Å². The van der Waals surface area contributed by atoms with Gasteiger partial charge in [0, 0.05) is 10.0 Å². The lowest BCUT2D eigenvalue weighted by Gasteiger charge is -2.06. The Morgan fingerprint density at radius 3 is 2.28 bits per heavy atom. The molecule has 0 bridgehead atoms. The molecule has 0 heterocycles. The minimum absolute atomic E-state index is 0.691. The van der Waals surface area contributed by atoms with E-state index >= 15 is 0 Å². The van der Waals surface area contributed by atoms with Crippen LogP contribution >= 0.6 is 15.9 Å². The van der Waals surface area contributed by atoms with Crippen molar-refractivity contribution in [2.45, 2.75) is 6.23 Å².